The van der Waals surface area contributed by atoms with Gasteiger partial charge in [-0.15, -0.1) is 24.0 Å². The highest BCUT2D eigenvalue weighted by atomic mass is 127. The van der Waals surface area contributed by atoms with E-state index in [1.807, 2.05) is 20.8 Å². The van der Waals surface area contributed by atoms with Crippen molar-refractivity contribution in [3.05, 3.63) is 12.2 Å². The molecule has 2 aliphatic rings. The Morgan fingerprint density at radius 1 is 1.32 bits per heavy atom. The molecule has 0 aliphatic carbocycles. The number of aliphatic imine (C=N–C) groups is 1. The van der Waals surface area contributed by atoms with Crippen molar-refractivity contribution in [2.24, 2.45) is 4.99 Å². The predicted molar refractivity (Wildman–Crippen MR) is 114 cm³/mol. The molecule has 2 heterocycles. The van der Waals surface area contributed by atoms with E-state index in [4.69, 9.17) is 0 Å². The van der Waals surface area contributed by atoms with Crippen LogP contribution in [-0.2, 0) is 10.0 Å². The fourth-order valence-corrected chi connectivity index (χ4v) is 4.33. The Hall–Kier alpha value is -0.390. The molecule has 7 nitrogen and oxygen atoms in total. The summed E-state index contributed by atoms with van der Waals surface area (Å²) in [5.74, 6) is 0.871. The van der Waals surface area contributed by atoms with Crippen molar-refractivity contribution in [2.45, 2.75) is 38.8 Å². The van der Waals surface area contributed by atoms with Gasteiger partial charge in [-0.2, -0.15) is 0 Å². The molecular weight excluding hydrogens is 453 g/mol. The van der Waals surface area contributed by atoms with Crippen molar-refractivity contribution in [1.82, 2.24) is 19.8 Å². The first-order valence-electron chi connectivity index (χ1n) is 8.61. The summed E-state index contributed by atoms with van der Waals surface area (Å²) in [5, 5.41) is 3.34. The van der Waals surface area contributed by atoms with Gasteiger partial charge in [0.15, 0.2) is 5.96 Å². The van der Waals surface area contributed by atoms with Gasteiger partial charge in [0, 0.05) is 44.3 Å². The lowest BCUT2D eigenvalue weighted by molar-refractivity contribution is 0.259. The largest absolute Gasteiger partial charge is 0.357 e. The van der Waals surface area contributed by atoms with Crippen LogP contribution in [0.1, 0.15) is 27.2 Å². The minimum Gasteiger partial charge on any atom is -0.357 e. The van der Waals surface area contributed by atoms with Gasteiger partial charge in [0.05, 0.1) is 12.8 Å². The molecule has 0 aromatic rings. The molecule has 1 atom stereocenters. The fourth-order valence-electron chi connectivity index (χ4n) is 3.26. The fraction of sp³-hybridized carbons (Fsp3) is 0.812. The standard InChI is InChI=1S/C16H31N5O2S.HI/c1-5-17-15(18-13-16(2,3)19-24(4,22)23)21-11-8-14(12-21)20-9-6-7-10-20;/h6-7,14,19H,5,8-13H2,1-4H3,(H,17,18);1H. The summed E-state index contributed by atoms with van der Waals surface area (Å²) in [6.45, 7) is 11.0. The monoisotopic (exact) mass is 485 g/mol. The van der Waals surface area contributed by atoms with Crippen LogP contribution in [-0.4, -0.2) is 81.3 Å². The number of guanidine groups is 1. The normalized spacial score (nSPS) is 22.3. The number of nitrogens with one attached hydrogen (secondary N) is 2. The van der Waals surface area contributed by atoms with Crippen molar-refractivity contribution < 1.29 is 8.42 Å². The third-order valence-electron chi connectivity index (χ3n) is 4.25. The zero-order valence-electron chi connectivity index (χ0n) is 15.7. The second kappa shape index (κ2) is 9.52. The Morgan fingerprint density at radius 2 is 1.96 bits per heavy atom. The number of sulfonamides is 1. The van der Waals surface area contributed by atoms with Crippen LogP contribution in [0.4, 0.5) is 0 Å². The second-order valence-electron chi connectivity index (χ2n) is 7.24. The molecule has 0 aromatic carbocycles. The highest BCUT2D eigenvalue weighted by Crippen LogP contribution is 2.18. The summed E-state index contributed by atoms with van der Waals surface area (Å²) < 4.78 is 25.6. The molecule has 0 aromatic heterocycles. The first-order chi connectivity index (χ1) is 11.2. The van der Waals surface area contributed by atoms with E-state index in [1.54, 1.807) is 0 Å². The van der Waals surface area contributed by atoms with Crippen LogP contribution in [0, 0.1) is 0 Å². The molecule has 0 radical (unpaired) electrons. The van der Waals surface area contributed by atoms with Crippen molar-refractivity contribution in [3.63, 3.8) is 0 Å². The minimum absolute atomic E-state index is 0. The number of nitrogens with zero attached hydrogens (tertiary/aromatic N) is 3. The Kier molecular flexibility index (Phi) is 8.62. The van der Waals surface area contributed by atoms with Crippen molar-refractivity contribution >= 4 is 40.0 Å². The molecule has 0 bridgehead atoms. The van der Waals surface area contributed by atoms with Gasteiger partial charge in [-0.25, -0.2) is 13.1 Å². The lowest BCUT2D eigenvalue weighted by atomic mass is 10.1. The number of hydrogen-bond donors (Lipinski definition) is 2. The average molecular weight is 485 g/mol. The van der Waals surface area contributed by atoms with Crippen LogP contribution >= 0.6 is 24.0 Å². The summed E-state index contributed by atoms with van der Waals surface area (Å²) in [4.78, 5) is 9.45. The van der Waals surface area contributed by atoms with Crippen LogP contribution < -0.4 is 10.0 Å². The topological polar surface area (TPSA) is 77.0 Å². The van der Waals surface area contributed by atoms with Gasteiger partial charge in [-0.3, -0.25) is 9.89 Å². The van der Waals surface area contributed by atoms with E-state index in [0.29, 0.717) is 12.6 Å². The van der Waals surface area contributed by atoms with Crippen LogP contribution in [0.3, 0.4) is 0 Å². The Balaban J connectivity index is 0.00000312. The van der Waals surface area contributed by atoms with Crippen LogP contribution in [0.2, 0.25) is 0 Å². The van der Waals surface area contributed by atoms with E-state index >= 15 is 0 Å². The van der Waals surface area contributed by atoms with Gasteiger partial charge in [-0.1, -0.05) is 12.2 Å². The number of rotatable bonds is 6. The zero-order valence-corrected chi connectivity index (χ0v) is 18.8. The molecule has 1 unspecified atom stereocenters. The van der Waals surface area contributed by atoms with Crippen LogP contribution in [0.5, 0.6) is 0 Å². The van der Waals surface area contributed by atoms with E-state index in [9.17, 15) is 8.42 Å². The smallest absolute Gasteiger partial charge is 0.209 e. The quantitative estimate of drug-likeness (QED) is 0.253. The Morgan fingerprint density at radius 3 is 2.52 bits per heavy atom. The highest BCUT2D eigenvalue weighted by molar-refractivity contribution is 14.0. The van der Waals surface area contributed by atoms with E-state index in [2.05, 4.69) is 37.0 Å². The van der Waals surface area contributed by atoms with Gasteiger partial charge in [-0.05, 0) is 27.2 Å². The van der Waals surface area contributed by atoms with E-state index in [-0.39, 0.29) is 24.0 Å². The van der Waals surface area contributed by atoms with Crippen molar-refractivity contribution in [1.29, 1.82) is 0 Å². The molecule has 146 valence electrons. The number of hydrogen-bond acceptors (Lipinski definition) is 4. The molecule has 2 rings (SSSR count). The van der Waals surface area contributed by atoms with E-state index in [1.165, 1.54) is 6.26 Å². The first kappa shape index (κ1) is 22.7. The number of halogens is 1. The molecule has 0 amide bonds. The molecule has 0 spiro atoms. The van der Waals surface area contributed by atoms with E-state index < -0.39 is 15.6 Å². The van der Waals surface area contributed by atoms with Gasteiger partial charge in [0.25, 0.3) is 0 Å². The lowest BCUT2D eigenvalue weighted by Gasteiger charge is -2.27. The minimum atomic E-state index is -3.25. The molecule has 2 N–H and O–H groups in total. The maximum absolute atomic E-state index is 11.5. The Bertz CT molecular complexity index is 583. The molecule has 1 saturated heterocycles. The van der Waals surface area contributed by atoms with E-state index in [0.717, 1.165) is 45.1 Å². The molecule has 1 fully saturated rings. The lowest BCUT2D eigenvalue weighted by Crippen LogP contribution is -2.47. The molecular formula is C16H32IN5O2S. The van der Waals surface area contributed by atoms with Crippen LogP contribution in [0.15, 0.2) is 17.1 Å². The van der Waals surface area contributed by atoms with Crippen molar-refractivity contribution in [2.75, 3.05) is 45.5 Å². The zero-order chi connectivity index (χ0) is 17.8. The summed E-state index contributed by atoms with van der Waals surface area (Å²) in [6.07, 6.45) is 6.76. The van der Waals surface area contributed by atoms with Gasteiger partial charge >= 0.3 is 0 Å². The third-order valence-corrected chi connectivity index (χ3v) is 5.17. The third kappa shape index (κ3) is 7.40. The maximum atomic E-state index is 11.5. The first-order valence-corrected chi connectivity index (χ1v) is 10.5. The second-order valence-corrected chi connectivity index (χ2v) is 8.99. The summed E-state index contributed by atoms with van der Waals surface area (Å²) in [5.41, 5.74) is -0.605. The Labute approximate surface area is 169 Å². The number of likely N-dealkylation sites (tertiary alicyclic amines) is 1. The maximum Gasteiger partial charge on any atom is 0.209 e. The summed E-state index contributed by atoms with van der Waals surface area (Å²) >= 11 is 0. The molecule has 2 aliphatic heterocycles. The summed E-state index contributed by atoms with van der Waals surface area (Å²) in [6, 6.07) is 0.561. The van der Waals surface area contributed by atoms with Gasteiger partial charge < -0.3 is 10.2 Å². The average Bonchev–Trinajstić information content (AvgIpc) is 3.10. The molecule has 9 heteroatoms. The molecule has 25 heavy (non-hydrogen) atoms. The van der Waals surface area contributed by atoms with Gasteiger partial charge in [0.1, 0.15) is 0 Å². The SMILES string of the molecule is CCNC(=NCC(C)(C)NS(C)(=O)=O)N1CCC(N2CC=CC2)C1.I. The molecule has 0 saturated carbocycles. The van der Waals surface area contributed by atoms with Crippen LogP contribution in [0.25, 0.3) is 0 Å². The summed E-state index contributed by atoms with van der Waals surface area (Å²) in [7, 11) is -3.25. The van der Waals surface area contributed by atoms with Gasteiger partial charge in [0.2, 0.25) is 10.0 Å². The van der Waals surface area contributed by atoms with Crippen molar-refractivity contribution in [3.8, 4) is 0 Å². The highest BCUT2D eigenvalue weighted by Gasteiger charge is 2.30. The predicted octanol–water partition coefficient (Wildman–Crippen LogP) is 0.844.